The number of thiazole rings is 1. The van der Waals surface area contributed by atoms with Gasteiger partial charge in [-0.25, -0.2) is 9.97 Å². The molecule has 4 rings (SSSR count). The molecule has 0 aromatic carbocycles. The van der Waals surface area contributed by atoms with Crippen LogP contribution < -0.4 is 5.56 Å². The smallest absolute Gasteiger partial charge is 0.299 e. The Hall–Kier alpha value is -1.74. The van der Waals surface area contributed by atoms with Crippen LogP contribution in [-0.2, 0) is 19.3 Å². The maximum Gasteiger partial charge on any atom is 0.433 e. The minimum absolute atomic E-state index is 0.273. The van der Waals surface area contributed by atoms with Crippen molar-refractivity contribution in [2.75, 3.05) is 13.1 Å². The number of piperidine rings is 1. The molecule has 0 spiro atoms. The Morgan fingerprint density at radius 1 is 1.19 bits per heavy atom. The molecular formula is C18H21F3N4OS. The van der Waals surface area contributed by atoms with Crippen LogP contribution in [0.25, 0.3) is 0 Å². The average Bonchev–Trinajstić information content (AvgIpc) is 3.37. The van der Waals surface area contributed by atoms with Crippen molar-refractivity contribution in [3.8, 4) is 0 Å². The summed E-state index contributed by atoms with van der Waals surface area (Å²) in [4.78, 5) is 22.4. The lowest BCUT2D eigenvalue weighted by molar-refractivity contribution is -0.141. The number of alkyl halides is 3. The van der Waals surface area contributed by atoms with Crippen LogP contribution in [-0.4, -0.2) is 32.5 Å². The van der Waals surface area contributed by atoms with E-state index < -0.39 is 17.4 Å². The minimum atomic E-state index is -4.58. The van der Waals surface area contributed by atoms with Crippen LogP contribution in [0.4, 0.5) is 13.2 Å². The van der Waals surface area contributed by atoms with Crippen molar-refractivity contribution in [1.29, 1.82) is 0 Å². The first-order chi connectivity index (χ1) is 12.9. The van der Waals surface area contributed by atoms with Crippen molar-refractivity contribution in [2.24, 2.45) is 5.92 Å². The van der Waals surface area contributed by atoms with Gasteiger partial charge in [-0.1, -0.05) is 0 Å². The molecule has 1 aliphatic heterocycles. The van der Waals surface area contributed by atoms with E-state index in [1.807, 2.05) is 0 Å². The second-order valence-corrected chi connectivity index (χ2v) is 8.32. The van der Waals surface area contributed by atoms with E-state index in [-0.39, 0.29) is 5.92 Å². The van der Waals surface area contributed by atoms with Gasteiger partial charge in [0.2, 0.25) is 0 Å². The average molecular weight is 398 g/mol. The number of hydrogen-bond acceptors (Lipinski definition) is 5. The SMILES string of the molecule is O=c1cc(C(F)(F)F)ncn1CC1CCN(Cc2csc(C3CC3)n2)CC1. The largest absolute Gasteiger partial charge is 0.433 e. The Bertz CT molecular complexity index is 851. The molecule has 146 valence electrons. The lowest BCUT2D eigenvalue weighted by Crippen LogP contribution is -2.36. The number of hydrogen-bond donors (Lipinski definition) is 0. The van der Waals surface area contributed by atoms with Crippen molar-refractivity contribution in [3.63, 3.8) is 0 Å². The number of nitrogens with zero attached hydrogens (tertiary/aromatic N) is 4. The molecule has 9 heteroatoms. The van der Waals surface area contributed by atoms with Crippen LogP contribution in [0, 0.1) is 5.92 Å². The summed E-state index contributed by atoms with van der Waals surface area (Å²) in [5, 5.41) is 3.40. The molecule has 1 saturated carbocycles. The fourth-order valence-electron chi connectivity index (χ4n) is 3.47. The molecule has 2 aromatic heterocycles. The summed E-state index contributed by atoms with van der Waals surface area (Å²) in [5.74, 6) is 0.958. The number of aromatic nitrogens is 3. The maximum atomic E-state index is 12.6. The predicted molar refractivity (Wildman–Crippen MR) is 95.6 cm³/mol. The molecule has 0 amide bonds. The summed E-state index contributed by atoms with van der Waals surface area (Å²) in [6.45, 7) is 3.08. The van der Waals surface area contributed by atoms with Gasteiger partial charge in [0.25, 0.3) is 5.56 Å². The fraction of sp³-hybridized carbons (Fsp3) is 0.611. The third-order valence-electron chi connectivity index (χ3n) is 5.21. The van der Waals surface area contributed by atoms with Crippen LogP contribution in [0.3, 0.4) is 0 Å². The monoisotopic (exact) mass is 398 g/mol. The van der Waals surface area contributed by atoms with Gasteiger partial charge >= 0.3 is 6.18 Å². The lowest BCUT2D eigenvalue weighted by atomic mass is 9.96. The highest BCUT2D eigenvalue weighted by Crippen LogP contribution is 2.41. The summed E-state index contributed by atoms with van der Waals surface area (Å²) < 4.78 is 39.1. The molecule has 0 bridgehead atoms. The van der Waals surface area contributed by atoms with Gasteiger partial charge in [0, 0.05) is 30.5 Å². The molecule has 2 aliphatic rings. The molecule has 3 heterocycles. The Kier molecular flexibility index (Phi) is 5.07. The van der Waals surface area contributed by atoms with Gasteiger partial charge in [0.1, 0.15) is 0 Å². The molecule has 0 radical (unpaired) electrons. The number of likely N-dealkylation sites (tertiary alicyclic amines) is 1. The Morgan fingerprint density at radius 3 is 2.56 bits per heavy atom. The van der Waals surface area contributed by atoms with Gasteiger partial charge in [-0.2, -0.15) is 13.2 Å². The van der Waals surface area contributed by atoms with Crippen LogP contribution in [0.1, 0.15) is 48.0 Å². The van der Waals surface area contributed by atoms with E-state index in [1.54, 1.807) is 11.3 Å². The second-order valence-electron chi connectivity index (χ2n) is 7.43. The zero-order chi connectivity index (χ0) is 19.0. The zero-order valence-corrected chi connectivity index (χ0v) is 15.6. The highest BCUT2D eigenvalue weighted by molar-refractivity contribution is 7.09. The van der Waals surface area contributed by atoms with Crippen molar-refractivity contribution in [2.45, 2.75) is 50.9 Å². The standard InChI is InChI=1S/C18H21F3N4OS/c19-18(20,21)15-7-16(26)25(11-22-15)8-12-3-5-24(6-4-12)9-14-10-27-17(23-14)13-1-2-13/h7,10-13H,1-6,8-9H2. The molecular weight excluding hydrogens is 377 g/mol. The van der Waals surface area contributed by atoms with Crippen molar-refractivity contribution in [3.05, 3.63) is 44.5 Å². The van der Waals surface area contributed by atoms with Gasteiger partial charge in [0.05, 0.1) is 17.0 Å². The second kappa shape index (κ2) is 7.35. The Labute approximate surface area is 158 Å². The van der Waals surface area contributed by atoms with Crippen molar-refractivity contribution >= 4 is 11.3 Å². The number of rotatable bonds is 5. The van der Waals surface area contributed by atoms with Gasteiger partial charge in [0.15, 0.2) is 5.69 Å². The molecule has 2 fully saturated rings. The van der Waals surface area contributed by atoms with Gasteiger partial charge < -0.3 is 0 Å². The molecule has 1 saturated heterocycles. The fourth-order valence-corrected chi connectivity index (χ4v) is 4.45. The third kappa shape index (κ3) is 4.57. The number of halogens is 3. The first-order valence-electron chi connectivity index (χ1n) is 9.19. The molecule has 5 nitrogen and oxygen atoms in total. The van der Waals surface area contributed by atoms with E-state index in [9.17, 15) is 18.0 Å². The Morgan fingerprint density at radius 2 is 1.93 bits per heavy atom. The maximum absolute atomic E-state index is 12.6. The topological polar surface area (TPSA) is 51.0 Å². The predicted octanol–water partition coefficient (Wildman–Crippen LogP) is 3.51. The molecule has 0 N–H and O–H groups in total. The third-order valence-corrected chi connectivity index (χ3v) is 6.27. The van der Waals surface area contributed by atoms with Gasteiger partial charge in [-0.3, -0.25) is 14.3 Å². The highest BCUT2D eigenvalue weighted by atomic mass is 32.1. The van der Waals surface area contributed by atoms with Gasteiger partial charge in [-0.15, -0.1) is 11.3 Å². The molecule has 0 atom stereocenters. The van der Waals surface area contributed by atoms with Crippen molar-refractivity contribution in [1.82, 2.24) is 19.4 Å². The first kappa shape index (κ1) is 18.6. The molecule has 0 unspecified atom stereocenters. The molecule has 27 heavy (non-hydrogen) atoms. The molecule has 1 aliphatic carbocycles. The highest BCUT2D eigenvalue weighted by Gasteiger charge is 2.33. The van der Waals surface area contributed by atoms with E-state index in [1.165, 1.54) is 22.4 Å². The van der Waals surface area contributed by atoms with E-state index in [0.717, 1.165) is 44.5 Å². The Balaban J connectivity index is 1.29. The normalized spacial score (nSPS) is 19.5. The van der Waals surface area contributed by atoms with Crippen LogP contribution in [0.15, 0.2) is 22.6 Å². The van der Waals surface area contributed by atoms with Crippen LogP contribution in [0.2, 0.25) is 0 Å². The zero-order valence-electron chi connectivity index (χ0n) is 14.8. The summed E-state index contributed by atoms with van der Waals surface area (Å²) in [7, 11) is 0. The van der Waals surface area contributed by atoms with E-state index in [4.69, 9.17) is 4.98 Å². The van der Waals surface area contributed by atoms with Crippen LogP contribution in [0.5, 0.6) is 0 Å². The first-order valence-corrected chi connectivity index (χ1v) is 10.1. The van der Waals surface area contributed by atoms with E-state index in [0.29, 0.717) is 18.5 Å². The van der Waals surface area contributed by atoms with Crippen LogP contribution >= 0.6 is 11.3 Å². The van der Waals surface area contributed by atoms with E-state index >= 15 is 0 Å². The summed E-state index contributed by atoms with van der Waals surface area (Å²) in [6, 6.07) is 0.578. The van der Waals surface area contributed by atoms with E-state index in [2.05, 4.69) is 15.3 Å². The summed E-state index contributed by atoms with van der Waals surface area (Å²) in [5.41, 5.74) is -0.647. The summed E-state index contributed by atoms with van der Waals surface area (Å²) >= 11 is 1.75. The van der Waals surface area contributed by atoms with Gasteiger partial charge in [-0.05, 0) is 44.7 Å². The quantitative estimate of drug-likeness (QED) is 0.774. The summed E-state index contributed by atoms with van der Waals surface area (Å²) in [6.07, 6.45) is 0.776. The lowest BCUT2D eigenvalue weighted by Gasteiger charge is -2.31. The van der Waals surface area contributed by atoms with Crippen molar-refractivity contribution < 1.29 is 13.2 Å². The molecule has 2 aromatic rings. The minimum Gasteiger partial charge on any atom is -0.299 e.